The Bertz CT molecular complexity index is 1060. The van der Waals surface area contributed by atoms with Crippen LogP contribution in [0.15, 0.2) is 54.6 Å². The molecule has 0 aromatic heterocycles. The molecule has 3 atom stereocenters. The van der Waals surface area contributed by atoms with E-state index in [9.17, 15) is 23.1 Å². The monoisotopic (exact) mass is 547 g/mol. The van der Waals surface area contributed by atoms with Crippen molar-refractivity contribution in [2.45, 2.75) is 32.0 Å². The molecule has 3 unspecified atom stereocenters. The molecule has 9 heteroatoms. The number of benzene rings is 2. The maximum Gasteiger partial charge on any atom is 0.416 e. The van der Waals surface area contributed by atoms with Crippen LogP contribution in [0.2, 0.25) is 0 Å². The smallest absolute Gasteiger partial charge is 0.390 e. The Hall–Kier alpha value is -2.46. The van der Waals surface area contributed by atoms with Crippen molar-refractivity contribution in [3.63, 3.8) is 0 Å². The highest BCUT2D eigenvalue weighted by molar-refractivity contribution is 5.94. The number of hydrogen-bond acceptors (Lipinski definition) is 5. The molecule has 6 nitrogen and oxygen atoms in total. The third-order valence-corrected chi connectivity index (χ3v) is 7.55. The molecule has 39 heavy (non-hydrogen) atoms. The van der Waals surface area contributed by atoms with Crippen LogP contribution in [-0.4, -0.2) is 97.4 Å². The third kappa shape index (κ3) is 8.27. The maximum absolute atomic E-state index is 13.6. The largest absolute Gasteiger partial charge is 0.416 e. The van der Waals surface area contributed by atoms with Gasteiger partial charge in [-0.15, -0.1) is 0 Å². The van der Waals surface area contributed by atoms with Gasteiger partial charge in [-0.1, -0.05) is 50.2 Å². The molecule has 1 amide bonds. The molecule has 0 spiro atoms. The first-order chi connectivity index (χ1) is 18.6. The van der Waals surface area contributed by atoms with Gasteiger partial charge in [0, 0.05) is 63.8 Å². The van der Waals surface area contributed by atoms with Crippen molar-refractivity contribution in [2.75, 3.05) is 65.6 Å². The van der Waals surface area contributed by atoms with Crippen LogP contribution in [0.5, 0.6) is 0 Å². The van der Waals surface area contributed by atoms with Crippen LogP contribution in [0, 0.1) is 11.8 Å². The number of rotatable bonds is 10. The minimum atomic E-state index is -4.43. The topological polar surface area (TPSA) is 56.3 Å². The summed E-state index contributed by atoms with van der Waals surface area (Å²) in [6, 6.07) is 14.7. The lowest BCUT2D eigenvalue weighted by molar-refractivity contribution is -0.137. The summed E-state index contributed by atoms with van der Waals surface area (Å²) < 4.78 is 46.1. The molecule has 0 saturated carbocycles. The highest BCUT2D eigenvalue weighted by Crippen LogP contribution is 2.37. The van der Waals surface area contributed by atoms with Crippen LogP contribution >= 0.6 is 0 Å². The summed E-state index contributed by atoms with van der Waals surface area (Å²) in [7, 11) is 0. The van der Waals surface area contributed by atoms with E-state index in [0.29, 0.717) is 63.6 Å². The number of alkyl halides is 3. The SMILES string of the molecule is CC(C)CN(CC1CN(CC(O)CN2CCOCC2)CC1c1cccc(C(F)(F)F)c1)C(=O)c1ccccc1. The average Bonchev–Trinajstić information content (AvgIpc) is 3.30. The van der Waals surface area contributed by atoms with Crippen molar-refractivity contribution in [1.82, 2.24) is 14.7 Å². The molecule has 2 heterocycles. The number of ether oxygens (including phenoxy) is 1. The van der Waals surface area contributed by atoms with E-state index in [-0.39, 0.29) is 23.7 Å². The molecule has 2 aliphatic rings. The summed E-state index contributed by atoms with van der Waals surface area (Å²) in [6.45, 7) is 10.0. The summed E-state index contributed by atoms with van der Waals surface area (Å²) in [5.74, 6) is -0.105. The molecule has 214 valence electrons. The van der Waals surface area contributed by atoms with Gasteiger partial charge in [-0.25, -0.2) is 0 Å². The molecule has 1 N–H and O–H groups in total. The van der Waals surface area contributed by atoms with Gasteiger partial charge in [0.05, 0.1) is 24.9 Å². The highest BCUT2D eigenvalue weighted by atomic mass is 19.4. The standard InChI is InChI=1S/C30H40F3N3O3/c1-22(2)16-36(29(38)23-7-4-3-5-8-23)18-25-17-35(20-27(37)19-34-11-13-39-14-12-34)21-28(25)24-9-6-10-26(15-24)30(31,32)33/h3-10,15,22,25,27-28,37H,11-14,16-21H2,1-2H3. The number of nitrogens with zero attached hydrogens (tertiary/aromatic N) is 3. The first-order valence-corrected chi connectivity index (χ1v) is 13.8. The summed E-state index contributed by atoms with van der Waals surface area (Å²) in [4.78, 5) is 19.6. The summed E-state index contributed by atoms with van der Waals surface area (Å²) >= 11 is 0. The number of amides is 1. The highest BCUT2D eigenvalue weighted by Gasteiger charge is 2.38. The van der Waals surface area contributed by atoms with Crippen LogP contribution < -0.4 is 0 Å². The van der Waals surface area contributed by atoms with Crippen LogP contribution in [0.25, 0.3) is 0 Å². The zero-order valence-corrected chi connectivity index (χ0v) is 22.8. The first-order valence-electron chi connectivity index (χ1n) is 13.8. The predicted octanol–water partition coefficient (Wildman–Crippen LogP) is 4.21. The van der Waals surface area contributed by atoms with Crippen molar-refractivity contribution in [3.05, 3.63) is 71.3 Å². The van der Waals surface area contributed by atoms with Gasteiger partial charge in [-0.2, -0.15) is 13.2 Å². The molecule has 0 aliphatic carbocycles. The van der Waals surface area contributed by atoms with Gasteiger partial charge in [0.2, 0.25) is 0 Å². The van der Waals surface area contributed by atoms with Gasteiger partial charge in [-0.05, 0) is 35.6 Å². The molecule has 2 aromatic carbocycles. The number of morpholine rings is 1. The van der Waals surface area contributed by atoms with Crippen molar-refractivity contribution in [2.24, 2.45) is 11.8 Å². The zero-order valence-electron chi connectivity index (χ0n) is 22.8. The Labute approximate surface area is 229 Å². The number of β-amino-alcohol motifs (C(OH)–C–C–N with tert-alkyl or cyclic N) is 1. The fraction of sp³-hybridized carbons (Fsp3) is 0.567. The lowest BCUT2D eigenvalue weighted by Gasteiger charge is -2.30. The number of carbonyl (C=O) groups excluding carboxylic acids is 1. The minimum absolute atomic E-state index is 0.0714. The quantitative estimate of drug-likeness (QED) is 0.483. The first kappa shape index (κ1) is 29.5. The number of likely N-dealkylation sites (tertiary alicyclic amines) is 1. The number of aliphatic hydroxyl groups excluding tert-OH is 1. The van der Waals surface area contributed by atoms with Crippen LogP contribution in [0.3, 0.4) is 0 Å². The molecule has 2 aliphatic heterocycles. The van der Waals surface area contributed by atoms with Crippen LogP contribution in [0.4, 0.5) is 13.2 Å². The summed E-state index contributed by atoms with van der Waals surface area (Å²) in [5.41, 5.74) is 0.560. The molecule has 4 rings (SSSR count). The second-order valence-electron chi connectivity index (χ2n) is 11.2. The second-order valence-corrected chi connectivity index (χ2v) is 11.2. The van der Waals surface area contributed by atoms with E-state index in [4.69, 9.17) is 4.74 Å². The van der Waals surface area contributed by atoms with E-state index >= 15 is 0 Å². The molecular formula is C30H40F3N3O3. The van der Waals surface area contributed by atoms with Gasteiger partial charge in [0.25, 0.3) is 5.91 Å². The lowest BCUT2D eigenvalue weighted by Crippen LogP contribution is -2.44. The molecular weight excluding hydrogens is 507 g/mol. The summed E-state index contributed by atoms with van der Waals surface area (Å²) in [5, 5.41) is 10.9. The average molecular weight is 548 g/mol. The maximum atomic E-state index is 13.6. The predicted molar refractivity (Wildman–Crippen MR) is 145 cm³/mol. The fourth-order valence-electron chi connectivity index (χ4n) is 5.78. The van der Waals surface area contributed by atoms with Crippen molar-refractivity contribution < 1.29 is 27.8 Å². The van der Waals surface area contributed by atoms with E-state index in [1.165, 1.54) is 12.1 Å². The minimum Gasteiger partial charge on any atom is -0.390 e. The van der Waals surface area contributed by atoms with Crippen LogP contribution in [-0.2, 0) is 10.9 Å². The van der Waals surface area contributed by atoms with Crippen molar-refractivity contribution >= 4 is 5.91 Å². The van der Waals surface area contributed by atoms with Crippen molar-refractivity contribution in [3.8, 4) is 0 Å². The van der Waals surface area contributed by atoms with Crippen LogP contribution in [0.1, 0.15) is 41.3 Å². The second kappa shape index (κ2) is 13.3. The molecule has 0 radical (unpaired) electrons. The van der Waals surface area contributed by atoms with Gasteiger partial charge >= 0.3 is 6.18 Å². The Morgan fingerprint density at radius 1 is 1.03 bits per heavy atom. The van der Waals surface area contributed by atoms with E-state index in [1.807, 2.05) is 23.1 Å². The molecule has 2 aromatic rings. The van der Waals surface area contributed by atoms with Gasteiger partial charge in [0.1, 0.15) is 0 Å². The van der Waals surface area contributed by atoms with Gasteiger partial charge in [0.15, 0.2) is 0 Å². The zero-order chi connectivity index (χ0) is 28.0. The summed E-state index contributed by atoms with van der Waals surface area (Å²) in [6.07, 6.45) is -5.01. The van der Waals surface area contributed by atoms with Crippen molar-refractivity contribution in [1.29, 1.82) is 0 Å². The molecule has 2 fully saturated rings. The number of halogens is 3. The van der Waals surface area contributed by atoms with E-state index in [1.54, 1.807) is 18.2 Å². The number of hydrogen-bond donors (Lipinski definition) is 1. The number of aliphatic hydroxyl groups is 1. The van der Waals surface area contributed by atoms with Gasteiger partial charge < -0.3 is 14.7 Å². The third-order valence-electron chi connectivity index (χ3n) is 7.55. The normalized spacial score (nSPS) is 21.8. The van der Waals surface area contributed by atoms with Gasteiger partial charge in [-0.3, -0.25) is 14.6 Å². The Morgan fingerprint density at radius 2 is 1.72 bits per heavy atom. The van der Waals surface area contributed by atoms with E-state index in [0.717, 1.165) is 19.2 Å². The lowest BCUT2D eigenvalue weighted by atomic mass is 9.87. The Kier molecular flexibility index (Phi) is 10.0. The Balaban J connectivity index is 1.55. The number of carbonyl (C=O) groups is 1. The Morgan fingerprint density at radius 3 is 2.38 bits per heavy atom. The molecule has 2 saturated heterocycles. The fourth-order valence-corrected chi connectivity index (χ4v) is 5.78. The molecule has 0 bridgehead atoms. The van der Waals surface area contributed by atoms with E-state index in [2.05, 4.69) is 23.6 Å². The van der Waals surface area contributed by atoms with E-state index < -0.39 is 17.8 Å².